The molecule has 0 aromatic carbocycles. The van der Waals surface area contributed by atoms with E-state index in [9.17, 15) is 4.79 Å². The fraction of sp³-hybridized carbons (Fsp3) is 0.263. The van der Waals surface area contributed by atoms with Crippen molar-refractivity contribution in [2.45, 2.75) is 19.1 Å². The molecule has 0 spiro atoms. The normalized spacial score (nSPS) is 16.2. The predicted octanol–water partition coefficient (Wildman–Crippen LogP) is 1.76. The van der Waals surface area contributed by atoms with Gasteiger partial charge < -0.3 is 14.8 Å². The van der Waals surface area contributed by atoms with Gasteiger partial charge in [0, 0.05) is 37.6 Å². The zero-order valence-electron chi connectivity index (χ0n) is 14.6. The van der Waals surface area contributed by atoms with Crippen molar-refractivity contribution in [3.05, 3.63) is 66.2 Å². The second-order valence-corrected chi connectivity index (χ2v) is 6.12. The summed E-state index contributed by atoms with van der Waals surface area (Å²) in [5.74, 6) is 0.870. The number of nitrogens with zero attached hydrogens (tertiary/aromatic N) is 4. The summed E-state index contributed by atoms with van der Waals surface area (Å²) in [6.45, 7) is 1.65. The van der Waals surface area contributed by atoms with Crippen molar-refractivity contribution < 1.29 is 14.3 Å². The Kier molecular flexibility index (Phi) is 5.06. The van der Waals surface area contributed by atoms with E-state index >= 15 is 0 Å². The van der Waals surface area contributed by atoms with Crippen LogP contribution in [-0.4, -0.2) is 45.0 Å². The molecule has 0 aliphatic carbocycles. The highest BCUT2D eigenvalue weighted by Gasteiger charge is 2.17. The standard InChI is InChI=1S/C19H19N5O3/c25-19(16-3-1-4-17(23-16)24-9-2-7-22-24)21-12-14-5-8-20-18(11-14)27-15-6-10-26-13-15/h1-5,7-9,11,15H,6,10,12-13H2,(H,21,25). The maximum absolute atomic E-state index is 12.4. The fourth-order valence-electron chi connectivity index (χ4n) is 2.76. The SMILES string of the molecule is O=C(NCc1ccnc(OC2CCOC2)c1)c1cccc(-n2cccn2)n1. The quantitative estimate of drug-likeness (QED) is 0.716. The van der Waals surface area contributed by atoms with Crippen LogP contribution in [0.4, 0.5) is 0 Å². The van der Waals surface area contributed by atoms with Crippen LogP contribution in [0, 0.1) is 0 Å². The average molecular weight is 365 g/mol. The van der Waals surface area contributed by atoms with Crippen molar-refractivity contribution >= 4 is 5.91 Å². The first-order valence-electron chi connectivity index (χ1n) is 8.72. The molecular weight excluding hydrogens is 346 g/mol. The Morgan fingerprint density at radius 3 is 3.07 bits per heavy atom. The summed E-state index contributed by atoms with van der Waals surface area (Å²) >= 11 is 0. The molecule has 1 aliphatic heterocycles. The molecule has 27 heavy (non-hydrogen) atoms. The molecule has 1 saturated heterocycles. The summed E-state index contributed by atoms with van der Waals surface area (Å²) in [7, 11) is 0. The number of rotatable bonds is 6. The highest BCUT2D eigenvalue weighted by Crippen LogP contribution is 2.15. The molecule has 138 valence electrons. The summed E-state index contributed by atoms with van der Waals surface area (Å²) in [6.07, 6.45) is 6.01. The molecule has 1 aliphatic rings. The lowest BCUT2D eigenvalue weighted by Gasteiger charge is -2.12. The number of carbonyl (C=O) groups excluding carboxylic acids is 1. The van der Waals surface area contributed by atoms with Gasteiger partial charge in [-0.3, -0.25) is 4.79 Å². The van der Waals surface area contributed by atoms with Gasteiger partial charge in [0.1, 0.15) is 11.8 Å². The van der Waals surface area contributed by atoms with E-state index in [-0.39, 0.29) is 12.0 Å². The molecule has 8 nitrogen and oxygen atoms in total. The van der Waals surface area contributed by atoms with Crippen LogP contribution >= 0.6 is 0 Å². The molecule has 0 radical (unpaired) electrons. The van der Waals surface area contributed by atoms with Crippen LogP contribution in [0.5, 0.6) is 5.88 Å². The zero-order chi connectivity index (χ0) is 18.5. The summed E-state index contributed by atoms with van der Waals surface area (Å²) in [6, 6.07) is 10.7. The minimum Gasteiger partial charge on any atom is -0.472 e. The Balaban J connectivity index is 1.38. The lowest BCUT2D eigenvalue weighted by molar-refractivity contribution is 0.0945. The predicted molar refractivity (Wildman–Crippen MR) is 96.6 cm³/mol. The van der Waals surface area contributed by atoms with E-state index in [0.717, 1.165) is 12.0 Å². The number of ether oxygens (including phenoxy) is 2. The third-order valence-electron chi connectivity index (χ3n) is 4.13. The van der Waals surface area contributed by atoms with E-state index in [1.54, 1.807) is 47.5 Å². The maximum atomic E-state index is 12.4. The third-order valence-corrected chi connectivity index (χ3v) is 4.13. The topological polar surface area (TPSA) is 91.2 Å². The molecule has 3 aromatic rings. The molecule has 1 N–H and O–H groups in total. The monoisotopic (exact) mass is 365 g/mol. The maximum Gasteiger partial charge on any atom is 0.270 e. The Morgan fingerprint density at radius 2 is 2.26 bits per heavy atom. The van der Waals surface area contributed by atoms with Crippen LogP contribution in [0.2, 0.25) is 0 Å². The van der Waals surface area contributed by atoms with Crippen LogP contribution in [0.15, 0.2) is 55.0 Å². The van der Waals surface area contributed by atoms with E-state index in [1.165, 1.54) is 0 Å². The van der Waals surface area contributed by atoms with Crippen molar-refractivity contribution in [3.63, 3.8) is 0 Å². The second kappa shape index (κ2) is 7.96. The Hall–Kier alpha value is -3.26. The van der Waals surface area contributed by atoms with Crippen molar-refractivity contribution in [2.75, 3.05) is 13.2 Å². The van der Waals surface area contributed by atoms with Gasteiger partial charge >= 0.3 is 0 Å². The van der Waals surface area contributed by atoms with Crippen molar-refractivity contribution in [1.82, 2.24) is 25.1 Å². The summed E-state index contributed by atoms with van der Waals surface area (Å²) < 4.78 is 12.7. The summed E-state index contributed by atoms with van der Waals surface area (Å²) in [5.41, 5.74) is 1.23. The molecule has 0 saturated carbocycles. The van der Waals surface area contributed by atoms with Gasteiger partial charge in [-0.2, -0.15) is 5.10 Å². The molecular formula is C19H19N5O3. The van der Waals surface area contributed by atoms with Crippen LogP contribution in [-0.2, 0) is 11.3 Å². The number of amides is 1. The van der Waals surface area contributed by atoms with Gasteiger partial charge in [-0.1, -0.05) is 6.07 Å². The summed E-state index contributed by atoms with van der Waals surface area (Å²) in [4.78, 5) is 21.0. The van der Waals surface area contributed by atoms with Gasteiger partial charge in [0.05, 0.1) is 13.2 Å². The highest BCUT2D eigenvalue weighted by molar-refractivity contribution is 5.92. The lowest BCUT2D eigenvalue weighted by atomic mass is 10.2. The molecule has 1 fully saturated rings. The van der Waals surface area contributed by atoms with Crippen LogP contribution in [0.3, 0.4) is 0 Å². The van der Waals surface area contributed by atoms with Gasteiger partial charge in [-0.25, -0.2) is 14.6 Å². The van der Waals surface area contributed by atoms with E-state index in [2.05, 4.69) is 20.4 Å². The first-order valence-corrected chi connectivity index (χ1v) is 8.72. The van der Waals surface area contributed by atoms with E-state index in [4.69, 9.17) is 9.47 Å². The molecule has 0 bridgehead atoms. The average Bonchev–Trinajstić information content (AvgIpc) is 3.41. The van der Waals surface area contributed by atoms with Crippen LogP contribution in [0.25, 0.3) is 5.82 Å². The highest BCUT2D eigenvalue weighted by atomic mass is 16.5. The molecule has 8 heteroatoms. The van der Waals surface area contributed by atoms with Gasteiger partial charge in [0.25, 0.3) is 5.91 Å². The van der Waals surface area contributed by atoms with Gasteiger partial charge in [-0.15, -0.1) is 0 Å². The number of hydrogen-bond acceptors (Lipinski definition) is 6. The Bertz CT molecular complexity index is 907. The Morgan fingerprint density at radius 1 is 1.30 bits per heavy atom. The third kappa shape index (κ3) is 4.29. The zero-order valence-corrected chi connectivity index (χ0v) is 14.6. The number of hydrogen-bond donors (Lipinski definition) is 1. The van der Waals surface area contributed by atoms with E-state index in [0.29, 0.717) is 37.2 Å². The van der Waals surface area contributed by atoms with Gasteiger partial charge in [0.15, 0.2) is 5.82 Å². The van der Waals surface area contributed by atoms with Crippen molar-refractivity contribution in [3.8, 4) is 11.7 Å². The van der Waals surface area contributed by atoms with Crippen molar-refractivity contribution in [1.29, 1.82) is 0 Å². The van der Waals surface area contributed by atoms with E-state index in [1.807, 2.05) is 12.1 Å². The number of nitrogens with one attached hydrogen (secondary N) is 1. The molecule has 1 unspecified atom stereocenters. The Labute approximate surface area is 156 Å². The number of pyridine rings is 2. The molecule has 1 amide bonds. The van der Waals surface area contributed by atoms with Crippen LogP contribution in [0.1, 0.15) is 22.5 Å². The lowest BCUT2D eigenvalue weighted by Crippen LogP contribution is -2.24. The molecule has 1 atom stereocenters. The minimum atomic E-state index is -0.257. The van der Waals surface area contributed by atoms with Gasteiger partial charge in [-0.05, 0) is 29.8 Å². The molecule has 3 aromatic heterocycles. The number of aromatic nitrogens is 4. The van der Waals surface area contributed by atoms with Crippen molar-refractivity contribution in [2.24, 2.45) is 0 Å². The minimum absolute atomic E-state index is 0.0385. The molecule has 4 heterocycles. The molecule has 4 rings (SSSR count). The van der Waals surface area contributed by atoms with Crippen LogP contribution < -0.4 is 10.1 Å². The first kappa shape index (κ1) is 17.2. The first-order chi connectivity index (χ1) is 13.3. The largest absolute Gasteiger partial charge is 0.472 e. The number of carbonyl (C=O) groups is 1. The summed E-state index contributed by atoms with van der Waals surface area (Å²) in [5, 5.41) is 6.99. The second-order valence-electron chi connectivity index (χ2n) is 6.12. The van der Waals surface area contributed by atoms with E-state index < -0.39 is 0 Å². The fourth-order valence-corrected chi connectivity index (χ4v) is 2.76. The van der Waals surface area contributed by atoms with Gasteiger partial charge in [0.2, 0.25) is 5.88 Å². The smallest absolute Gasteiger partial charge is 0.270 e.